The van der Waals surface area contributed by atoms with Crippen molar-refractivity contribution in [1.82, 2.24) is 19.7 Å². The summed E-state index contributed by atoms with van der Waals surface area (Å²) in [6.07, 6.45) is 4.51. The van der Waals surface area contributed by atoms with Crippen molar-refractivity contribution in [1.29, 1.82) is 0 Å². The lowest BCUT2D eigenvalue weighted by atomic mass is 10.2. The van der Waals surface area contributed by atoms with Gasteiger partial charge in [0.05, 0.1) is 11.8 Å². The third-order valence-electron chi connectivity index (χ3n) is 2.46. The SMILES string of the molecule is CCCn1ncc(-c2nccc(N)n2)c1C. The molecule has 2 aromatic rings. The van der Waals surface area contributed by atoms with E-state index in [2.05, 4.69) is 22.0 Å². The number of nitrogens with two attached hydrogens (primary N) is 1. The number of nitrogens with zero attached hydrogens (tertiary/aromatic N) is 4. The van der Waals surface area contributed by atoms with E-state index in [1.165, 1.54) is 0 Å². The van der Waals surface area contributed by atoms with Gasteiger partial charge in [0.15, 0.2) is 5.82 Å². The zero-order valence-electron chi connectivity index (χ0n) is 9.51. The van der Waals surface area contributed by atoms with E-state index in [-0.39, 0.29) is 0 Å². The molecule has 2 N–H and O–H groups in total. The van der Waals surface area contributed by atoms with Crippen LogP contribution in [0.3, 0.4) is 0 Å². The summed E-state index contributed by atoms with van der Waals surface area (Å²) in [7, 11) is 0. The molecule has 16 heavy (non-hydrogen) atoms. The second-order valence-electron chi connectivity index (χ2n) is 3.67. The first kappa shape index (κ1) is 10.6. The molecule has 0 saturated carbocycles. The minimum Gasteiger partial charge on any atom is -0.384 e. The number of hydrogen-bond donors (Lipinski definition) is 1. The summed E-state index contributed by atoms with van der Waals surface area (Å²) in [5.41, 5.74) is 7.65. The minimum atomic E-state index is 0.479. The molecule has 0 radical (unpaired) electrons. The van der Waals surface area contributed by atoms with E-state index >= 15 is 0 Å². The molecule has 2 aromatic heterocycles. The largest absolute Gasteiger partial charge is 0.384 e. The summed E-state index contributed by atoms with van der Waals surface area (Å²) >= 11 is 0. The average molecular weight is 217 g/mol. The lowest BCUT2D eigenvalue weighted by Gasteiger charge is -2.03. The monoisotopic (exact) mass is 217 g/mol. The van der Waals surface area contributed by atoms with E-state index in [0.29, 0.717) is 11.6 Å². The van der Waals surface area contributed by atoms with Gasteiger partial charge in [-0.1, -0.05) is 6.92 Å². The first-order valence-corrected chi connectivity index (χ1v) is 5.33. The zero-order chi connectivity index (χ0) is 11.5. The van der Waals surface area contributed by atoms with Crippen LogP contribution in [0.4, 0.5) is 5.82 Å². The highest BCUT2D eigenvalue weighted by Crippen LogP contribution is 2.19. The van der Waals surface area contributed by atoms with Gasteiger partial charge in [0.25, 0.3) is 0 Å². The molecular formula is C11H15N5. The Morgan fingerprint density at radius 3 is 2.94 bits per heavy atom. The van der Waals surface area contributed by atoms with Crippen molar-refractivity contribution < 1.29 is 0 Å². The minimum absolute atomic E-state index is 0.479. The van der Waals surface area contributed by atoms with Crippen LogP contribution in [0, 0.1) is 6.92 Å². The summed E-state index contributed by atoms with van der Waals surface area (Å²) in [5.74, 6) is 1.12. The van der Waals surface area contributed by atoms with E-state index in [0.717, 1.165) is 24.2 Å². The fourth-order valence-electron chi connectivity index (χ4n) is 1.61. The molecule has 2 heterocycles. The normalized spacial score (nSPS) is 10.6. The van der Waals surface area contributed by atoms with Gasteiger partial charge in [-0.15, -0.1) is 0 Å². The molecule has 0 aliphatic rings. The van der Waals surface area contributed by atoms with Crippen molar-refractivity contribution >= 4 is 5.82 Å². The van der Waals surface area contributed by atoms with Crippen molar-refractivity contribution in [3.05, 3.63) is 24.2 Å². The third-order valence-corrected chi connectivity index (χ3v) is 2.46. The summed E-state index contributed by atoms with van der Waals surface area (Å²) in [5, 5.41) is 4.31. The molecule has 0 aliphatic carbocycles. The lowest BCUT2D eigenvalue weighted by Crippen LogP contribution is -2.01. The summed E-state index contributed by atoms with van der Waals surface area (Å²) in [6, 6.07) is 1.68. The Morgan fingerprint density at radius 1 is 1.44 bits per heavy atom. The summed E-state index contributed by atoms with van der Waals surface area (Å²) < 4.78 is 1.96. The van der Waals surface area contributed by atoms with Gasteiger partial charge in [-0.3, -0.25) is 4.68 Å². The quantitative estimate of drug-likeness (QED) is 0.848. The van der Waals surface area contributed by atoms with Crippen LogP contribution in [-0.2, 0) is 6.54 Å². The van der Waals surface area contributed by atoms with Crippen molar-refractivity contribution in [3.8, 4) is 11.4 Å². The predicted molar refractivity (Wildman–Crippen MR) is 62.7 cm³/mol. The third kappa shape index (κ3) is 1.88. The van der Waals surface area contributed by atoms with Crippen LogP contribution in [-0.4, -0.2) is 19.7 Å². The van der Waals surface area contributed by atoms with Gasteiger partial charge < -0.3 is 5.73 Å². The fourth-order valence-corrected chi connectivity index (χ4v) is 1.61. The van der Waals surface area contributed by atoms with Crippen molar-refractivity contribution in [2.45, 2.75) is 26.8 Å². The molecule has 5 nitrogen and oxygen atoms in total. The first-order chi connectivity index (χ1) is 7.72. The van der Waals surface area contributed by atoms with Crippen LogP contribution in [0.15, 0.2) is 18.5 Å². The molecule has 0 spiro atoms. The number of aryl methyl sites for hydroxylation is 1. The number of hydrogen-bond acceptors (Lipinski definition) is 4. The lowest BCUT2D eigenvalue weighted by molar-refractivity contribution is 0.587. The Hall–Kier alpha value is -1.91. The van der Waals surface area contributed by atoms with Crippen LogP contribution in [0.25, 0.3) is 11.4 Å². The van der Waals surface area contributed by atoms with E-state index in [4.69, 9.17) is 5.73 Å². The highest BCUT2D eigenvalue weighted by atomic mass is 15.3. The van der Waals surface area contributed by atoms with Crippen molar-refractivity contribution in [2.24, 2.45) is 0 Å². The maximum atomic E-state index is 5.63. The van der Waals surface area contributed by atoms with Gasteiger partial charge in [0, 0.05) is 18.4 Å². The summed E-state index contributed by atoms with van der Waals surface area (Å²) in [6.45, 7) is 5.05. The predicted octanol–water partition coefficient (Wildman–Crippen LogP) is 1.64. The highest BCUT2D eigenvalue weighted by Gasteiger charge is 2.10. The molecule has 0 bridgehead atoms. The molecule has 5 heteroatoms. The maximum Gasteiger partial charge on any atom is 0.164 e. The molecule has 0 aromatic carbocycles. The van der Waals surface area contributed by atoms with E-state index in [9.17, 15) is 0 Å². The first-order valence-electron chi connectivity index (χ1n) is 5.33. The molecule has 0 aliphatic heterocycles. The van der Waals surface area contributed by atoms with Gasteiger partial charge in [-0.25, -0.2) is 9.97 Å². The number of rotatable bonds is 3. The molecule has 0 fully saturated rings. The van der Waals surface area contributed by atoms with Gasteiger partial charge in [-0.2, -0.15) is 5.10 Å². The second-order valence-corrected chi connectivity index (χ2v) is 3.67. The maximum absolute atomic E-state index is 5.63. The van der Waals surface area contributed by atoms with Crippen LogP contribution in [0.1, 0.15) is 19.0 Å². The topological polar surface area (TPSA) is 69.6 Å². The molecule has 2 rings (SSSR count). The van der Waals surface area contributed by atoms with Crippen LogP contribution in [0.2, 0.25) is 0 Å². The number of aromatic nitrogens is 4. The Bertz CT molecular complexity index is 489. The Kier molecular flexibility index (Phi) is 2.85. The van der Waals surface area contributed by atoms with E-state index in [1.807, 2.05) is 11.6 Å². The van der Waals surface area contributed by atoms with Gasteiger partial charge in [0.1, 0.15) is 5.82 Å². The Balaban J connectivity index is 2.41. The number of anilines is 1. The highest BCUT2D eigenvalue weighted by molar-refractivity contribution is 5.58. The van der Waals surface area contributed by atoms with Gasteiger partial charge in [0.2, 0.25) is 0 Å². The smallest absolute Gasteiger partial charge is 0.164 e. The molecule has 0 unspecified atom stereocenters. The number of nitrogen functional groups attached to an aromatic ring is 1. The molecular weight excluding hydrogens is 202 g/mol. The molecule has 0 saturated heterocycles. The Morgan fingerprint density at radius 2 is 2.25 bits per heavy atom. The van der Waals surface area contributed by atoms with Crippen LogP contribution >= 0.6 is 0 Å². The standard InChI is InChI=1S/C11H15N5/c1-3-6-16-8(2)9(7-14-16)11-13-5-4-10(12)15-11/h4-5,7H,3,6H2,1-2H3,(H2,12,13,15). The summed E-state index contributed by atoms with van der Waals surface area (Å²) in [4.78, 5) is 8.39. The van der Waals surface area contributed by atoms with Gasteiger partial charge >= 0.3 is 0 Å². The van der Waals surface area contributed by atoms with Crippen molar-refractivity contribution in [3.63, 3.8) is 0 Å². The Labute approximate surface area is 94.3 Å². The molecule has 0 amide bonds. The average Bonchev–Trinajstić information content (AvgIpc) is 2.61. The van der Waals surface area contributed by atoms with Crippen LogP contribution < -0.4 is 5.73 Å². The van der Waals surface area contributed by atoms with E-state index < -0.39 is 0 Å². The van der Waals surface area contributed by atoms with E-state index in [1.54, 1.807) is 18.5 Å². The van der Waals surface area contributed by atoms with Crippen LogP contribution in [0.5, 0.6) is 0 Å². The van der Waals surface area contributed by atoms with Crippen molar-refractivity contribution in [2.75, 3.05) is 5.73 Å². The molecule has 84 valence electrons. The zero-order valence-corrected chi connectivity index (χ0v) is 9.51. The second kappa shape index (κ2) is 4.30. The fraction of sp³-hybridized carbons (Fsp3) is 0.364. The molecule has 0 atom stereocenters. The van der Waals surface area contributed by atoms with Gasteiger partial charge in [-0.05, 0) is 19.4 Å².